The van der Waals surface area contributed by atoms with Gasteiger partial charge in [-0.3, -0.25) is 21.2 Å². The van der Waals surface area contributed by atoms with Gasteiger partial charge < -0.3 is 0 Å². The summed E-state index contributed by atoms with van der Waals surface area (Å²) in [5.41, 5.74) is 4.21. The van der Waals surface area contributed by atoms with E-state index >= 15 is 0 Å². The smallest absolute Gasteiger partial charge is 0.0772 e. The average molecular weight is 234 g/mol. The number of hydrazine groups is 1. The van der Waals surface area contributed by atoms with Crippen LogP contribution in [0.3, 0.4) is 0 Å². The third-order valence-electron chi connectivity index (χ3n) is 4.07. The molecular formula is C13H22N4. The highest BCUT2D eigenvalue weighted by atomic mass is 15.2. The molecule has 2 atom stereocenters. The zero-order chi connectivity index (χ0) is 12.3. The van der Waals surface area contributed by atoms with Crippen LogP contribution in [0.4, 0.5) is 0 Å². The number of rotatable bonds is 3. The van der Waals surface area contributed by atoms with Crippen molar-refractivity contribution in [1.29, 1.82) is 0 Å². The zero-order valence-corrected chi connectivity index (χ0v) is 10.7. The first kappa shape index (κ1) is 12.5. The van der Waals surface area contributed by atoms with Crippen LogP contribution in [0, 0.1) is 11.3 Å². The van der Waals surface area contributed by atoms with Gasteiger partial charge in [0, 0.05) is 12.4 Å². The maximum absolute atomic E-state index is 5.74. The highest BCUT2D eigenvalue weighted by molar-refractivity contribution is 5.06. The molecule has 2 unspecified atom stereocenters. The van der Waals surface area contributed by atoms with Crippen LogP contribution in [0.5, 0.6) is 0 Å². The summed E-state index contributed by atoms with van der Waals surface area (Å²) in [7, 11) is 0. The molecule has 1 fully saturated rings. The Morgan fingerprint density at radius 1 is 1.41 bits per heavy atom. The zero-order valence-electron chi connectivity index (χ0n) is 10.7. The summed E-state index contributed by atoms with van der Waals surface area (Å²) in [5.74, 6) is 6.26. The van der Waals surface area contributed by atoms with E-state index in [0.717, 1.165) is 5.69 Å². The highest BCUT2D eigenvalue weighted by Crippen LogP contribution is 2.46. The molecule has 1 aromatic heterocycles. The summed E-state index contributed by atoms with van der Waals surface area (Å²) < 4.78 is 0. The fourth-order valence-corrected chi connectivity index (χ4v) is 3.02. The van der Waals surface area contributed by atoms with Gasteiger partial charge >= 0.3 is 0 Å². The van der Waals surface area contributed by atoms with Crippen molar-refractivity contribution < 1.29 is 0 Å². The van der Waals surface area contributed by atoms with Crippen molar-refractivity contribution in [1.82, 2.24) is 15.4 Å². The minimum Gasteiger partial charge on any atom is -0.271 e. The van der Waals surface area contributed by atoms with E-state index in [-0.39, 0.29) is 6.04 Å². The molecule has 0 bridgehead atoms. The molecule has 0 saturated heterocycles. The first-order chi connectivity index (χ1) is 8.15. The van der Waals surface area contributed by atoms with E-state index in [2.05, 4.69) is 29.2 Å². The second-order valence-corrected chi connectivity index (χ2v) is 5.62. The van der Waals surface area contributed by atoms with Gasteiger partial charge in [-0.05, 0) is 24.2 Å². The topological polar surface area (TPSA) is 63.8 Å². The van der Waals surface area contributed by atoms with Gasteiger partial charge in [0.2, 0.25) is 0 Å². The molecule has 1 aliphatic carbocycles. The lowest BCUT2D eigenvalue weighted by Gasteiger charge is -2.42. The van der Waals surface area contributed by atoms with E-state index in [1.54, 1.807) is 12.4 Å². The third kappa shape index (κ3) is 2.64. The molecule has 1 heterocycles. The van der Waals surface area contributed by atoms with Crippen LogP contribution in [0.25, 0.3) is 0 Å². The Labute approximate surface area is 103 Å². The molecule has 1 aromatic rings. The molecule has 4 heteroatoms. The van der Waals surface area contributed by atoms with Crippen LogP contribution in [-0.2, 0) is 0 Å². The van der Waals surface area contributed by atoms with E-state index in [4.69, 9.17) is 5.84 Å². The number of aromatic nitrogens is 2. The molecule has 4 nitrogen and oxygen atoms in total. The van der Waals surface area contributed by atoms with Crippen LogP contribution in [0.1, 0.15) is 51.3 Å². The Kier molecular flexibility index (Phi) is 3.74. The van der Waals surface area contributed by atoms with Crippen molar-refractivity contribution >= 4 is 0 Å². The molecule has 17 heavy (non-hydrogen) atoms. The summed E-state index contributed by atoms with van der Waals surface area (Å²) >= 11 is 0. The summed E-state index contributed by atoms with van der Waals surface area (Å²) in [6, 6.07) is 0.110. The lowest BCUT2D eigenvalue weighted by Crippen LogP contribution is -2.42. The van der Waals surface area contributed by atoms with Crippen molar-refractivity contribution in [2.24, 2.45) is 17.2 Å². The highest BCUT2D eigenvalue weighted by Gasteiger charge is 2.38. The van der Waals surface area contributed by atoms with Crippen LogP contribution in [0.2, 0.25) is 0 Å². The van der Waals surface area contributed by atoms with E-state index in [1.807, 2.05) is 6.20 Å². The first-order valence-corrected chi connectivity index (χ1v) is 6.37. The van der Waals surface area contributed by atoms with Crippen molar-refractivity contribution in [3.8, 4) is 0 Å². The quantitative estimate of drug-likeness (QED) is 0.621. The molecule has 94 valence electrons. The van der Waals surface area contributed by atoms with Crippen LogP contribution < -0.4 is 11.3 Å². The van der Waals surface area contributed by atoms with Crippen molar-refractivity contribution in [2.75, 3.05) is 0 Å². The van der Waals surface area contributed by atoms with Gasteiger partial charge in [0.05, 0.1) is 17.9 Å². The van der Waals surface area contributed by atoms with Gasteiger partial charge in [-0.15, -0.1) is 0 Å². The summed E-state index contributed by atoms with van der Waals surface area (Å²) in [6.07, 6.45) is 10.3. The number of nitrogens with zero attached hydrogens (tertiary/aromatic N) is 2. The molecule has 0 aromatic carbocycles. The Bertz CT molecular complexity index is 350. The molecule has 0 radical (unpaired) electrons. The summed E-state index contributed by atoms with van der Waals surface area (Å²) in [4.78, 5) is 8.52. The van der Waals surface area contributed by atoms with Crippen molar-refractivity contribution in [3.05, 3.63) is 24.3 Å². The lowest BCUT2D eigenvalue weighted by atomic mass is 9.65. The van der Waals surface area contributed by atoms with Crippen LogP contribution >= 0.6 is 0 Å². The van der Waals surface area contributed by atoms with Gasteiger partial charge in [-0.1, -0.05) is 26.7 Å². The number of nitrogens with two attached hydrogens (primary N) is 1. The fourth-order valence-electron chi connectivity index (χ4n) is 3.02. The monoisotopic (exact) mass is 234 g/mol. The van der Waals surface area contributed by atoms with E-state index in [0.29, 0.717) is 11.3 Å². The molecule has 0 spiro atoms. The predicted octanol–water partition coefficient (Wildman–Crippen LogP) is 2.20. The predicted molar refractivity (Wildman–Crippen MR) is 67.8 cm³/mol. The second kappa shape index (κ2) is 5.10. The van der Waals surface area contributed by atoms with Crippen LogP contribution in [-0.4, -0.2) is 9.97 Å². The van der Waals surface area contributed by atoms with Gasteiger partial charge in [0.1, 0.15) is 0 Å². The standard InChI is InChI=1S/C13H22N4/c1-13(2)6-4-3-5-10(13)12(17-14)11-9-15-7-8-16-11/h7-10,12,17H,3-6,14H2,1-2H3. The van der Waals surface area contributed by atoms with Gasteiger partial charge in [0.25, 0.3) is 0 Å². The fraction of sp³-hybridized carbons (Fsp3) is 0.692. The van der Waals surface area contributed by atoms with Gasteiger partial charge in [0.15, 0.2) is 0 Å². The van der Waals surface area contributed by atoms with E-state index in [9.17, 15) is 0 Å². The number of nitrogens with one attached hydrogen (secondary N) is 1. The SMILES string of the molecule is CC1(C)CCCCC1C(NN)c1cnccn1. The Balaban J connectivity index is 2.23. The second-order valence-electron chi connectivity index (χ2n) is 5.62. The molecule has 1 aliphatic rings. The van der Waals surface area contributed by atoms with E-state index in [1.165, 1.54) is 25.7 Å². The molecule has 0 aliphatic heterocycles. The Hall–Kier alpha value is -1.00. The largest absolute Gasteiger partial charge is 0.271 e. The molecule has 2 rings (SSSR count). The van der Waals surface area contributed by atoms with Gasteiger partial charge in [-0.25, -0.2) is 0 Å². The summed E-state index contributed by atoms with van der Waals surface area (Å²) in [5, 5.41) is 0. The maximum Gasteiger partial charge on any atom is 0.0772 e. The lowest BCUT2D eigenvalue weighted by molar-refractivity contribution is 0.0965. The molecular weight excluding hydrogens is 212 g/mol. The van der Waals surface area contributed by atoms with E-state index < -0.39 is 0 Å². The Morgan fingerprint density at radius 2 is 2.24 bits per heavy atom. The Morgan fingerprint density at radius 3 is 2.82 bits per heavy atom. The maximum atomic E-state index is 5.74. The normalized spacial score (nSPS) is 25.5. The number of hydrogen-bond acceptors (Lipinski definition) is 4. The first-order valence-electron chi connectivity index (χ1n) is 6.37. The average Bonchev–Trinajstić information content (AvgIpc) is 2.33. The minimum absolute atomic E-state index is 0.110. The third-order valence-corrected chi connectivity index (χ3v) is 4.07. The molecule has 3 N–H and O–H groups in total. The van der Waals surface area contributed by atoms with Gasteiger partial charge in [-0.2, -0.15) is 0 Å². The molecule has 1 saturated carbocycles. The molecule has 0 amide bonds. The minimum atomic E-state index is 0.110. The summed E-state index contributed by atoms with van der Waals surface area (Å²) in [6.45, 7) is 4.66. The van der Waals surface area contributed by atoms with Crippen LogP contribution in [0.15, 0.2) is 18.6 Å². The van der Waals surface area contributed by atoms with Crippen molar-refractivity contribution in [3.63, 3.8) is 0 Å². The number of hydrogen-bond donors (Lipinski definition) is 2. The van der Waals surface area contributed by atoms with Crippen molar-refractivity contribution in [2.45, 2.75) is 45.6 Å².